The molecule has 0 spiro atoms. The first-order valence-corrected chi connectivity index (χ1v) is 6.20. The molecule has 17 heavy (non-hydrogen) atoms. The second-order valence-electron chi connectivity index (χ2n) is 3.69. The molecule has 3 nitrogen and oxygen atoms in total. The number of carbonyl (C=O) groups is 2. The van der Waals surface area contributed by atoms with Crippen LogP contribution in [-0.2, 0) is 4.79 Å². The number of ketones is 2. The van der Waals surface area contributed by atoms with Crippen LogP contribution >= 0.6 is 27.5 Å². The second-order valence-corrected chi connectivity index (χ2v) is 4.89. The van der Waals surface area contributed by atoms with Crippen LogP contribution in [0.25, 0.3) is 0 Å². The largest absolute Gasteiger partial charge is 0.380 e. The zero-order chi connectivity index (χ0) is 12.4. The smallest absolute Gasteiger partial charge is 0.186 e. The molecule has 1 aliphatic heterocycles. The molecule has 0 aromatic heterocycles. The fourth-order valence-electron chi connectivity index (χ4n) is 1.64. The first kappa shape index (κ1) is 12.3. The Labute approximate surface area is 112 Å². The van der Waals surface area contributed by atoms with Gasteiger partial charge >= 0.3 is 0 Å². The molecule has 0 aliphatic carbocycles. The number of nitrogens with one attached hydrogen (secondary N) is 1. The second kappa shape index (κ2) is 5.02. The summed E-state index contributed by atoms with van der Waals surface area (Å²) in [6.45, 7) is 0. The van der Waals surface area contributed by atoms with Crippen LogP contribution in [-0.4, -0.2) is 17.6 Å². The predicted octanol–water partition coefficient (Wildman–Crippen LogP) is 2.73. The summed E-state index contributed by atoms with van der Waals surface area (Å²) in [6, 6.07) is 4.58. The first-order chi connectivity index (χ1) is 8.09. The Balaban J connectivity index is 2.28. The lowest BCUT2D eigenvalue weighted by molar-refractivity contribution is -0.115. The summed E-state index contributed by atoms with van der Waals surface area (Å²) in [5.74, 6) is -0.197. The highest BCUT2D eigenvalue weighted by Crippen LogP contribution is 2.27. The summed E-state index contributed by atoms with van der Waals surface area (Å²) in [5, 5.41) is 3.36. The highest BCUT2D eigenvalue weighted by Gasteiger charge is 2.25. The van der Waals surface area contributed by atoms with Crippen molar-refractivity contribution in [2.24, 2.45) is 0 Å². The Morgan fingerprint density at radius 3 is 2.94 bits per heavy atom. The van der Waals surface area contributed by atoms with Crippen LogP contribution < -0.4 is 5.32 Å². The number of Topliss-reactive ketones (excluding diaryl/α,β-unsaturated/α-hetero) is 1. The van der Waals surface area contributed by atoms with Gasteiger partial charge in [-0.1, -0.05) is 23.7 Å². The Kier molecular flexibility index (Phi) is 3.64. The quantitative estimate of drug-likeness (QED) is 0.854. The molecule has 1 N–H and O–H groups in total. The number of carbonyl (C=O) groups excluding carboxylic acids is 2. The third kappa shape index (κ3) is 2.58. The third-order valence-electron chi connectivity index (χ3n) is 2.51. The summed E-state index contributed by atoms with van der Waals surface area (Å²) in [5.41, 5.74) is 0.484. The minimum atomic E-state index is -0.512. The fraction of sp³-hybridized carbons (Fsp3) is 0.167. The monoisotopic (exact) mass is 313 g/mol. The number of benzene rings is 1. The molecule has 5 heteroatoms. The Hall–Kier alpha value is -1.13. The molecule has 1 unspecified atom stereocenters. The maximum atomic E-state index is 12.2. The molecule has 1 aliphatic rings. The molecular formula is C12H9BrClNO2. The normalized spacial score (nSPS) is 18.9. The van der Waals surface area contributed by atoms with Crippen molar-refractivity contribution in [1.29, 1.82) is 0 Å². The number of hydrogen-bond donors (Lipinski definition) is 1. The average Bonchev–Trinajstić information content (AvgIpc) is 2.32. The minimum Gasteiger partial charge on any atom is -0.380 e. The van der Waals surface area contributed by atoms with Gasteiger partial charge in [-0.3, -0.25) is 9.59 Å². The van der Waals surface area contributed by atoms with E-state index in [0.29, 0.717) is 15.1 Å². The van der Waals surface area contributed by atoms with Gasteiger partial charge < -0.3 is 5.32 Å². The van der Waals surface area contributed by atoms with E-state index in [4.69, 9.17) is 11.6 Å². The molecule has 0 fully saturated rings. The molecule has 0 amide bonds. The van der Waals surface area contributed by atoms with Crippen molar-refractivity contribution >= 4 is 39.1 Å². The molecule has 2 rings (SSSR count). The number of halogens is 2. The lowest BCUT2D eigenvalue weighted by atomic mass is 9.98. The SMILES string of the molecule is O=C1C=CNC(C(=O)c2cccc(Cl)c2Br)C1. The number of rotatable bonds is 2. The van der Waals surface area contributed by atoms with Gasteiger partial charge in [-0.15, -0.1) is 0 Å². The molecule has 0 saturated carbocycles. The van der Waals surface area contributed by atoms with Crippen molar-refractivity contribution in [3.05, 3.63) is 45.5 Å². The van der Waals surface area contributed by atoms with Crippen LogP contribution in [0.4, 0.5) is 0 Å². The van der Waals surface area contributed by atoms with Crippen LogP contribution in [0.1, 0.15) is 16.8 Å². The highest BCUT2D eigenvalue weighted by atomic mass is 79.9. The number of allylic oxidation sites excluding steroid dienone is 1. The Morgan fingerprint density at radius 2 is 2.24 bits per heavy atom. The summed E-state index contributed by atoms with van der Waals surface area (Å²) in [4.78, 5) is 23.4. The van der Waals surface area contributed by atoms with Crippen molar-refractivity contribution in [3.63, 3.8) is 0 Å². The van der Waals surface area contributed by atoms with E-state index in [1.54, 1.807) is 18.2 Å². The standard InChI is InChI=1S/C12H9BrClNO2/c13-11-8(2-1-3-9(11)14)12(17)10-6-7(16)4-5-15-10/h1-5,10,15H,6H2. The van der Waals surface area contributed by atoms with Crippen LogP contribution in [0, 0.1) is 0 Å². The summed E-state index contributed by atoms with van der Waals surface area (Å²) < 4.78 is 0.565. The van der Waals surface area contributed by atoms with Gasteiger partial charge in [-0.2, -0.15) is 0 Å². The molecular weight excluding hydrogens is 305 g/mol. The fourth-order valence-corrected chi connectivity index (χ4v) is 2.27. The zero-order valence-electron chi connectivity index (χ0n) is 8.74. The van der Waals surface area contributed by atoms with Crippen molar-refractivity contribution in [2.45, 2.75) is 12.5 Å². The lowest BCUT2D eigenvalue weighted by Gasteiger charge is -2.18. The van der Waals surface area contributed by atoms with E-state index in [9.17, 15) is 9.59 Å². The van der Waals surface area contributed by atoms with Crippen LogP contribution in [0.3, 0.4) is 0 Å². The maximum absolute atomic E-state index is 12.2. The molecule has 0 saturated heterocycles. The van der Waals surface area contributed by atoms with Gasteiger partial charge in [0, 0.05) is 22.7 Å². The minimum absolute atomic E-state index is 0.0553. The van der Waals surface area contributed by atoms with Crippen molar-refractivity contribution in [2.75, 3.05) is 0 Å². The number of hydrogen-bond acceptors (Lipinski definition) is 3. The van der Waals surface area contributed by atoms with E-state index >= 15 is 0 Å². The van der Waals surface area contributed by atoms with Crippen molar-refractivity contribution in [3.8, 4) is 0 Å². The van der Waals surface area contributed by atoms with E-state index in [1.165, 1.54) is 12.3 Å². The van der Waals surface area contributed by atoms with Gasteiger partial charge in [0.15, 0.2) is 11.6 Å². The maximum Gasteiger partial charge on any atom is 0.186 e. The molecule has 0 bridgehead atoms. The summed E-state index contributed by atoms with van der Waals surface area (Å²) in [6.07, 6.45) is 3.11. The van der Waals surface area contributed by atoms with E-state index in [-0.39, 0.29) is 18.0 Å². The van der Waals surface area contributed by atoms with E-state index in [2.05, 4.69) is 21.2 Å². The molecule has 1 aromatic rings. The van der Waals surface area contributed by atoms with Gasteiger partial charge in [0.05, 0.1) is 11.1 Å². The molecule has 1 heterocycles. The van der Waals surface area contributed by atoms with E-state index < -0.39 is 6.04 Å². The average molecular weight is 315 g/mol. The van der Waals surface area contributed by atoms with Crippen LogP contribution in [0.2, 0.25) is 5.02 Å². The van der Waals surface area contributed by atoms with Crippen molar-refractivity contribution in [1.82, 2.24) is 5.32 Å². The van der Waals surface area contributed by atoms with Crippen LogP contribution in [0.15, 0.2) is 34.9 Å². The predicted molar refractivity (Wildman–Crippen MR) is 69.2 cm³/mol. The van der Waals surface area contributed by atoms with Crippen molar-refractivity contribution < 1.29 is 9.59 Å². The first-order valence-electron chi connectivity index (χ1n) is 5.03. The molecule has 1 atom stereocenters. The van der Waals surface area contributed by atoms with Gasteiger partial charge in [0.25, 0.3) is 0 Å². The van der Waals surface area contributed by atoms with E-state index in [0.717, 1.165) is 0 Å². The molecule has 1 aromatic carbocycles. The van der Waals surface area contributed by atoms with Gasteiger partial charge in [-0.05, 0) is 28.1 Å². The third-order valence-corrected chi connectivity index (χ3v) is 3.90. The molecule has 88 valence electrons. The highest BCUT2D eigenvalue weighted by molar-refractivity contribution is 9.10. The Morgan fingerprint density at radius 1 is 1.47 bits per heavy atom. The van der Waals surface area contributed by atoms with E-state index in [1.807, 2.05) is 0 Å². The van der Waals surface area contributed by atoms with Gasteiger partial charge in [0.1, 0.15) is 0 Å². The summed E-state index contributed by atoms with van der Waals surface area (Å²) in [7, 11) is 0. The zero-order valence-corrected chi connectivity index (χ0v) is 11.1. The Bertz CT molecular complexity index is 513. The van der Waals surface area contributed by atoms with Crippen LogP contribution in [0.5, 0.6) is 0 Å². The summed E-state index contributed by atoms with van der Waals surface area (Å²) >= 11 is 9.20. The van der Waals surface area contributed by atoms with Gasteiger partial charge in [-0.25, -0.2) is 0 Å². The lowest BCUT2D eigenvalue weighted by Crippen LogP contribution is -2.38. The van der Waals surface area contributed by atoms with Gasteiger partial charge in [0.2, 0.25) is 0 Å². The molecule has 0 radical (unpaired) electrons. The topological polar surface area (TPSA) is 46.2 Å².